The molecule has 2 rings (SSSR count). The number of benzene rings is 2. The zero-order valence-electron chi connectivity index (χ0n) is 16.1. The van der Waals surface area contributed by atoms with E-state index in [1.807, 2.05) is 0 Å². The van der Waals surface area contributed by atoms with Crippen LogP contribution in [0.25, 0.3) is 0 Å². The van der Waals surface area contributed by atoms with Gasteiger partial charge in [0.05, 0.1) is 12.2 Å². The second kappa shape index (κ2) is 9.55. The highest BCUT2D eigenvalue weighted by atomic mass is 16.8. The van der Waals surface area contributed by atoms with Crippen LogP contribution in [0.2, 0.25) is 0 Å². The molecule has 148 valence electrons. The summed E-state index contributed by atoms with van der Waals surface area (Å²) >= 11 is 0. The van der Waals surface area contributed by atoms with E-state index in [-0.39, 0.29) is 34.8 Å². The first-order valence-electron chi connectivity index (χ1n) is 8.77. The van der Waals surface area contributed by atoms with Gasteiger partial charge in [-0.2, -0.15) is 0 Å². The van der Waals surface area contributed by atoms with Crippen LogP contribution in [0.5, 0.6) is 11.5 Å². The summed E-state index contributed by atoms with van der Waals surface area (Å²) in [5.74, 6) is -1.45. The third-order valence-electron chi connectivity index (χ3n) is 3.29. The fourth-order valence-electron chi connectivity index (χ4n) is 2.27. The van der Waals surface area contributed by atoms with E-state index < -0.39 is 18.1 Å². The molecule has 2 aromatic rings. The van der Waals surface area contributed by atoms with Gasteiger partial charge in [-0.15, -0.1) is 0 Å². The molecule has 0 atom stereocenters. The van der Waals surface area contributed by atoms with Gasteiger partial charge in [-0.05, 0) is 52.0 Å². The van der Waals surface area contributed by atoms with Gasteiger partial charge in [0.2, 0.25) is 0 Å². The van der Waals surface area contributed by atoms with E-state index in [0.29, 0.717) is 0 Å². The van der Waals surface area contributed by atoms with Crippen molar-refractivity contribution in [3.8, 4) is 11.5 Å². The minimum atomic E-state index is -1.44. The molecule has 0 aliphatic rings. The van der Waals surface area contributed by atoms with Crippen LogP contribution in [-0.4, -0.2) is 30.3 Å². The summed E-state index contributed by atoms with van der Waals surface area (Å²) in [7, 11) is 0. The molecule has 0 bridgehead atoms. The molecule has 2 aromatic carbocycles. The normalized spacial score (nSPS) is 10.5. The lowest BCUT2D eigenvalue weighted by Gasteiger charge is -2.14. The molecule has 0 amide bonds. The van der Waals surface area contributed by atoms with Crippen molar-refractivity contribution in [2.75, 3.05) is 0 Å². The van der Waals surface area contributed by atoms with E-state index in [0.717, 1.165) is 0 Å². The van der Waals surface area contributed by atoms with Crippen molar-refractivity contribution in [3.63, 3.8) is 0 Å². The Morgan fingerprint density at radius 3 is 1.36 bits per heavy atom. The lowest BCUT2D eigenvalue weighted by atomic mass is 10.2. The maximum atomic E-state index is 12.2. The van der Waals surface area contributed by atoms with Crippen LogP contribution in [0.4, 0.5) is 4.79 Å². The van der Waals surface area contributed by atoms with Gasteiger partial charge in [0, 0.05) is 0 Å². The molecule has 0 spiro atoms. The van der Waals surface area contributed by atoms with Crippen LogP contribution < -0.4 is 9.47 Å². The first-order chi connectivity index (χ1) is 13.3. The smallest absolute Gasteiger partial charge is 0.490 e. The largest absolute Gasteiger partial charge is 0.524 e. The molecule has 28 heavy (non-hydrogen) atoms. The standard InChI is InChI=1S/C21H22O7/c1-13(2)25-17-11-7-5-9-15(17)19(22)27-21(24)28-20(23)16-10-6-8-12-18(16)26-14(3)4/h5-14H,1-4H3. The first-order valence-corrected chi connectivity index (χ1v) is 8.77. The van der Waals surface area contributed by atoms with Gasteiger partial charge in [-0.3, -0.25) is 0 Å². The second-order valence-corrected chi connectivity index (χ2v) is 6.35. The van der Waals surface area contributed by atoms with Gasteiger partial charge in [0.1, 0.15) is 22.6 Å². The SMILES string of the molecule is CC(C)Oc1ccccc1C(=O)OC(=O)OC(=O)c1ccccc1OC(C)C. The highest BCUT2D eigenvalue weighted by Gasteiger charge is 2.23. The lowest BCUT2D eigenvalue weighted by Crippen LogP contribution is -2.20. The van der Waals surface area contributed by atoms with Gasteiger partial charge in [0.15, 0.2) is 0 Å². The van der Waals surface area contributed by atoms with Crippen molar-refractivity contribution in [2.45, 2.75) is 39.9 Å². The molecule has 0 saturated carbocycles. The monoisotopic (exact) mass is 386 g/mol. The first kappa shape index (κ1) is 21.0. The minimum absolute atomic E-state index is 0.0455. The summed E-state index contributed by atoms with van der Waals surface area (Å²) in [6, 6.07) is 12.6. The molecule has 0 fully saturated rings. The highest BCUT2D eigenvalue weighted by Crippen LogP contribution is 2.22. The van der Waals surface area contributed by atoms with Crippen molar-refractivity contribution in [1.29, 1.82) is 0 Å². The van der Waals surface area contributed by atoms with Gasteiger partial charge >= 0.3 is 18.1 Å². The van der Waals surface area contributed by atoms with Gasteiger partial charge in [-0.1, -0.05) is 24.3 Å². The topological polar surface area (TPSA) is 88.1 Å². The van der Waals surface area contributed by atoms with E-state index >= 15 is 0 Å². The number of para-hydroxylation sites is 2. The molecule has 0 unspecified atom stereocenters. The van der Waals surface area contributed by atoms with Crippen LogP contribution in [0.1, 0.15) is 48.4 Å². The molecule has 7 nitrogen and oxygen atoms in total. The van der Waals surface area contributed by atoms with Crippen molar-refractivity contribution in [1.82, 2.24) is 0 Å². The average molecular weight is 386 g/mol. The molecule has 0 radical (unpaired) electrons. The number of carbonyl (C=O) groups excluding carboxylic acids is 3. The number of esters is 2. The van der Waals surface area contributed by atoms with Crippen molar-refractivity contribution >= 4 is 18.1 Å². The summed E-state index contributed by atoms with van der Waals surface area (Å²) in [6.45, 7) is 7.19. The van der Waals surface area contributed by atoms with Crippen LogP contribution in [0, 0.1) is 0 Å². The number of hydrogen-bond acceptors (Lipinski definition) is 7. The van der Waals surface area contributed by atoms with Crippen molar-refractivity contribution in [2.24, 2.45) is 0 Å². The summed E-state index contributed by atoms with van der Waals surface area (Å²) in [6.07, 6.45) is -1.80. The number of carbonyl (C=O) groups is 3. The van der Waals surface area contributed by atoms with E-state index in [2.05, 4.69) is 9.47 Å². The number of hydrogen-bond donors (Lipinski definition) is 0. The van der Waals surface area contributed by atoms with Gasteiger partial charge in [0.25, 0.3) is 0 Å². The molecule has 0 aliphatic carbocycles. The predicted octanol–water partition coefficient (Wildman–Crippen LogP) is 4.39. The Balaban J connectivity index is 2.07. The Morgan fingerprint density at radius 2 is 1.00 bits per heavy atom. The average Bonchev–Trinajstić information content (AvgIpc) is 2.61. The summed E-state index contributed by atoms with van der Waals surface area (Å²) in [5.41, 5.74) is 0.0910. The quantitative estimate of drug-likeness (QED) is 0.537. The van der Waals surface area contributed by atoms with Crippen molar-refractivity contribution < 1.29 is 33.3 Å². The van der Waals surface area contributed by atoms with Gasteiger partial charge < -0.3 is 18.9 Å². The number of rotatable bonds is 6. The highest BCUT2D eigenvalue weighted by molar-refractivity contribution is 6.02. The third-order valence-corrected chi connectivity index (χ3v) is 3.29. The molecule has 0 heterocycles. The van der Waals surface area contributed by atoms with Crippen LogP contribution in [-0.2, 0) is 9.47 Å². The van der Waals surface area contributed by atoms with E-state index in [1.54, 1.807) is 64.1 Å². The molecular weight excluding hydrogens is 364 g/mol. The Kier molecular flexibility index (Phi) is 7.14. The molecule has 0 aliphatic heterocycles. The number of ether oxygens (including phenoxy) is 4. The Bertz CT molecular complexity index is 786. The zero-order chi connectivity index (χ0) is 20.7. The molecule has 0 aromatic heterocycles. The minimum Gasteiger partial charge on any atom is -0.490 e. The fraction of sp³-hybridized carbons (Fsp3) is 0.286. The zero-order valence-corrected chi connectivity index (χ0v) is 16.1. The van der Waals surface area contributed by atoms with E-state index in [9.17, 15) is 14.4 Å². The molecule has 7 heteroatoms. The Morgan fingerprint density at radius 1 is 0.643 bits per heavy atom. The van der Waals surface area contributed by atoms with Crippen LogP contribution >= 0.6 is 0 Å². The Labute approximate surface area is 163 Å². The van der Waals surface area contributed by atoms with E-state index in [4.69, 9.17) is 9.47 Å². The van der Waals surface area contributed by atoms with E-state index in [1.165, 1.54) is 12.1 Å². The Hall–Kier alpha value is -3.35. The summed E-state index contributed by atoms with van der Waals surface area (Å²) in [5, 5.41) is 0. The molecule has 0 saturated heterocycles. The molecular formula is C21H22O7. The molecule has 0 N–H and O–H groups in total. The van der Waals surface area contributed by atoms with Gasteiger partial charge in [-0.25, -0.2) is 14.4 Å². The van der Waals surface area contributed by atoms with Crippen LogP contribution in [0.3, 0.4) is 0 Å². The predicted molar refractivity (Wildman–Crippen MR) is 101 cm³/mol. The van der Waals surface area contributed by atoms with Crippen LogP contribution in [0.15, 0.2) is 48.5 Å². The van der Waals surface area contributed by atoms with Crippen molar-refractivity contribution in [3.05, 3.63) is 59.7 Å². The third kappa shape index (κ3) is 5.84. The lowest BCUT2D eigenvalue weighted by molar-refractivity contribution is 0.0333. The summed E-state index contributed by atoms with van der Waals surface area (Å²) < 4.78 is 20.3. The fourth-order valence-corrected chi connectivity index (χ4v) is 2.27. The second-order valence-electron chi connectivity index (χ2n) is 6.35. The maximum absolute atomic E-state index is 12.2. The summed E-state index contributed by atoms with van der Waals surface area (Å²) in [4.78, 5) is 36.4. The maximum Gasteiger partial charge on any atom is 0.524 e.